The number of unbranched alkanes of at least 4 members (excludes halogenated alkanes) is 2. The average Bonchev–Trinajstić information content (AvgIpc) is 3.01. The lowest BCUT2D eigenvalue weighted by Crippen LogP contribution is -2.05. The SMILES string of the molecule is CCCCCC1C=C(C(=O)c2cccc3ccccc23)C=C(c2cc(C)cc(O)c2)CC1. The number of aryl methyl sites for hydroxylation is 1. The minimum Gasteiger partial charge on any atom is -0.508 e. The molecule has 0 amide bonds. The van der Waals surface area contributed by atoms with Crippen LogP contribution >= 0.6 is 0 Å². The van der Waals surface area contributed by atoms with Crippen LogP contribution in [0.2, 0.25) is 0 Å². The Morgan fingerprint density at radius 3 is 2.66 bits per heavy atom. The predicted octanol–water partition coefficient (Wildman–Crippen LogP) is 8.04. The first-order valence-corrected chi connectivity index (χ1v) is 11.8. The van der Waals surface area contributed by atoms with Crippen LogP contribution in [-0.2, 0) is 0 Å². The summed E-state index contributed by atoms with van der Waals surface area (Å²) in [6, 6.07) is 19.7. The smallest absolute Gasteiger partial charge is 0.193 e. The highest BCUT2D eigenvalue weighted by molar-refractivity contribution is 6.18. The summed E-state index contributed by atoms with van der Waals surface area (Å²) >= 11 is 0. The number of Topliss-reactive ketones (excluding diaryl/α,β-unsaturated/α-hetero) is 1. The number of hydrogen-bond acceptors (Lipinski definition) is 2. The highest BCUT2D eigenvalue weighted by Crippen LogP contribution is 2.34. The Morgan fingerprint density at radius 1 is 1.03 bits per heavy atom. The van der Waals surface area contributed by atoms with Crippen molar-refractivity contribution in [2.24, 2.45) is 5.92 Å². The first-order valence-electron chi connectivity index (χ1n) is 11.8. The third-order valence-electron chi connectivity index (χ3n) is 6.44. The zero-order chi connectivity index (χ0) is 22.5. The fourth-order valence-electron chi connectivity index (χ4n) is 4.77. The second-order valence-electron chi connectivity index (χ2n) is 9.00. The van der Waals surface area contributed by atoms with Gasteiger partial charge in [0.1, 0.15) is 5.75 Å². The molecule has 1 aliphatic rings. The van der Waals surface area contributed by atoms with Gasteiger partial charge in [0.2, 0.25) is 0 Å². The highest BCUT2D eigenvalue weighted by Gasteiger charge is 2.20. The number of carbonyl (C=O) groups excluding carboxylic acids is 1. The molecular weight excluding hydrogens is 392 g/mol. The van der Waals surface area contributed by atoms with Gasteiger partial charge < -0.3 is 5.11 Å². The van der Waals surface area contributed by atoms with E-state index in [4.69, 9.17) is 0 Å². The molecule has 3 aromatic rings. The summed E-state index contributed by atoms with van der Waals surface area (Å²) in [5, 5.41) is 12.2. The molecule has 2 heteroatoms. The number of phenols is 1. The van der Waals surface area contributed by atoms with Crippen LogP contribution in [0.25, 0.3) is 16.3 Å². The number of allylic oxidation sites excluding steroid dienone is 4. The van der Waals surface area contributed by atoms with Crippen molar-refractivity contribution in [3.05, 3.63) is 95.1 Å². The molecule has 4 rings (SSSR count). The Labute approximate surface area is 191 Å². The standard InChI is InChI=1S/C30H32O2/c1-3-4-5-9-22-14-15-24(25-16-21(2)17-27(31)20-25)19-26(18-22)30(32)29-13-8-11-23-10-6-7-12-28(23)29/h6-8,10-13,16-20,22,31H,3-5,9,14-15H2,1-2H3. The molecule has 3 aromatic carbocycles. The Balaban J connectivity index is 1.75. The number of hydrogen-bond donors (Lipinski definition) is 1. The molecule has 164 valence electrons. The summed E-state index contributed by atoms with van der Waals surface area (Å²) in [6.45, 7) is 4.22. The molecule has 0 saturated carbocycles. The second kappa shape index (κ2) is 9.99. The molecule has 32 heavy (non-hydrogen) atoms. The van der Waals surface area contributed by atoms with Crippen molar-refractivity contribution < 1.29 is 9.90 Å². The van der Waals surface area contributed by atoms with E-state index in [-0.39, 0.29) is 11.5 Å². The van der Waals surface area contributed by atoms with Crippen LogP contribution in [0.5, 0.6) is 5.75 Å². The summed E-state index contributed by atoms with van der Waals surface area (Å²) in [5.74, 6) is 0.747. The molecule has 1 N–H and O–H groups in total. The number of benzene rings is 3. The fraction of sp³-hybridized carbons (Fsp3) is 0.300. The molecule has 0 aromatic heterocycles. The maximum Gasteiger partial charge on any atom is 0.193 e. The first kappa shape index (κ1) is 22.1. The molecule has 0 heterocycles. The van der Waals surface area contributed by atoms with Crippen molar-refractivity contribution in [2.75, 3.05) is 0 Å². The number of aromatic hydroxyl groups is 1. The van der Waals surface area contributed by atoms with E-state index < -0.39 is 0 Å². The monoisotopic (exact) mass is 424 g/mol. The van der Waals surface area contributed by atoms with Crippen molar-refractivity contribution in [3.63, 3.8) is 0 Å². The van der Waals surface area contributed by atoms with Gasteiger partial charge in [-0.05, 0) is 77.8 Å². The Kier molecular flexibility index (Phi) is 6.90. The minimum atomic E-state index is 0.0820. The zero-order valence-corrected chi connectivity index (χ0v) is 19.1. The lowest BCUT2D eigenvalue weighted by Gasteiger charge is -2.13. The van der Waals surface area contributed by atoms with Crippen LogP contribution < -0.4 is 0 Å². The van der Waals surface area contributed by atoms with Crippen molar-refractivity contribution >= 4 is 22.1 Å². The number of carbonyl (C=O) groups is 1. The third kappa shape index (κ3) is 5.02. The second-order valence-corrected chi connectivity index (χ2v) is 9.00. The van der Waals surface area contributed by atoms with Gasteiger partial charge in [-0.25, -0.2) is 0 Å². The van der Waals surface area contributed by atoms with Crippen molar-refractivity contribution in [2.45, 2.75) is 52.4 Å². The van der Waals surface area contributed by atoms with E-state index >= 15 is 0 Å². The summed E-state index contributed by atoms with van der Waals surface area (Å²) < 4.78 is 0. The topological polar surface area (TPSA) is 37.3 Å². The molecule has 0 bridgehead atoms. The predicted molar refractivity (Wildman–Crippen MR) is 134 cm³/mol. The average molecular weight is 425 g/mol. The van der Waals surface area contributed by atoms with Gasteiger partial charge in [-0.3, -0.25) is 4.79 Å². The van der Waals surface area contributed by atoms with E-state index in [2.05, 4.69) is 37.3 Å². The van der Waals surface area contributed by atoms with Gasteiger partial charge in [0.25, 0.3) is 0 Å². The van der Waals surface area contributed by atoms with Crippen molar-refractivity contribution in [3.8, 4) is 5.75 Å². The maximum atomic E-state index is 13.8. The number of fused-ring (bicyclic) bond motifs is 1. The summed E-state index contributed by atoms with van der Waals surface area (Å²) in [6.07, 6.45) is 10.9. The molecule has 0 radical (unpaired) electrons. The molecule has 0 saturated heterocycles. The van der Waals surface area contributed by atoms with Crippen LogP contribution in [0.4, 0.5) is 0 Å². The summed E-state index contributed by atoms with van der Waals surface area (Å²) in [7, 11) is 0. The van der Waals surface area contributed by atoms with E-state index in [1.807, 2.05) is 43.3 Å². The summed E-state index contributed by atoms with van der Waals surface area (Å²) in [4.78, 5) is 13.8. The van der Waals surface area contributed by atoms with Crippen LogP contribution in [0.15, 0.2) is 78.4 Å². The third-order valence-corrected chi connectivity index (χ3v) is 6.44. The number of ketones is 1. The van der Waals surface area contributed by atoms with Crippen LogP contribution in [0.1, 0.15) is 66.9 Å². The van der Waals surface area contributed by atoms with E-state index in [0.717, 1.165) is 57.9 Å². The molecule has 0 aliphatic heterocycles. The summed E-state index contributed by atoms with van der Waals surface area (Å²) in [5.41, 5.74) is 4.69. The van der Waals surface area contributed by atoms with Crippen LogP contribution in [0, 0.1) is 12.8 Å². The zero-order valence-electron chi connectivity index (χ0n) is 19.1. The van der Waals surface area contributed by atoms with Gasteiger partial charge >= 0.3 is 0 Å². The normalized spacial score (nSPS) is 16.4. The molecule has 0 spiro atoms. The van der Waals surface area contributed by atoms with E-state index in [9.17, 15) is 9.90 Å². The van der Waals surface area contributed by atoms with Gasteiger partial charge in [-0.15, -0.1) is 0 Å². The fourth-order valence-corrected chi connectivity index (χ4v) is 4.77. The van der Waals surface area contributed by atoms with Gasteiger partial charge in [0.05, 0.1) is 0 Å². The first-order chi connectivity index (χ1) is 15.5. The lowest BCUT2D eigenvalue weighted by atomic mass is 9.92. The molecule has 1 atom stereocenters. The minimum absolute atomic E-state index is 0.0820. The quantitative estimate of drug-likeness (QED) is 0.308. The van der Waals surface area contributed by atoms with E-state index in [1.165, 1.54) is 19.3 Å². The Morgan fingerprint density at radius 2 is 1.84 bits per heavy atom. The number of phenolic OH excluding ortho intramolecular Hbond substituents is 1. The number of rotatable bonds is 7. The van der Waals surface area contributed by atoms with Crippen molar-refractivity contribution in [1.29, 1.82) is 0 Å². The van der Waals surface area contributed by atoms with Gasteiger partial charge in [-0.1, -0.05) is 80.8 Å². The van der Waals surface area contributed by atoms with Crippen molar-refractivity contribution in [1.82, 2.24) is 0 Å². The lowest BCUT2D eigenvalue weighted by molar-refractivity contribution is 0.103. The van der Waals surface area contributed by atoms with E-state index in [1.54, 1.807) is 6.07 Å². The Bertz CT molecular complexity index is 1160. The highest BCUT2D eigenvalue weighted by atomic mass is 16.3. The molecule has 1 aliphatic carbocycles. The van der Waals surface area contributed by atoms with E-state index in [0.29, 0.717) is 5.92 Å². The molecule has 1 unspecified atom stereocenters. The Hall–Kier alpha value is -3.13. The largest absolute Gasteiger partial charge is 0.508 e. The van der Waals surface area contributed by atoms with Crippen LogP contribution in [0.3, 0.4) is 0 Å². The molecule has 0 fully saturated rings. The van der Waals surface area contributed by atoms with Gasteiger partial charge in [-0.2, -0.15) is 0 Å². The maximum absolute atomic E-state index is 13.8. The van der Waals surface area contributed by atoms with Gasteiger partial charge in [0, 0.05) is 11.1 Å². The molecular formula is C30H32O2. The van der Waals surface area contributed by atoms with Gasteiger partial charge in [0.15, 0.2) is 5.78 Å². The molecule has 2 nitrogen and oxygen atoms in total. The van der Waals surface area contributed by atoms with Crippen LogP contribution in [-0.4, -0.2) is 10.9 Å².